The van der Waals surface area contributed by atoms with Crippen LogP contribution in [0.15, 0.2) is 0 Å². The molecule has 0 aliphatic carbocycles. The third-order valence-electron chi connectivity index (χ3n) is 6.59. The van der Waals surface area contributed by atoms with Gasteiger partial charge in [0.2, 0.25) is 23.6 Å². The van der Waals surface area contributed by atoms with Gasteiger partial charge in [-0.1, -0.05) is 0 Å². The van der Waals surface area contributed by atoms with Crippen molar-refractivity contribution in [3.05, 3.63) is 43.7 Å². The maximum absolute atomic E-state index is 11.4. The Labute approximate surface area is 426 Å². The fourth-order valence-electron chi connectivity index (χ4n) is 3.99. The number of halogens is 6. The Balaban J connectivity index is 0. The molecule has 0 unspecified atom stereocenters. The van der Waals surface area contributed by atoms with Gasteiger partial charge in [0.25, 0.3) is 0 Å². The number of carbonyl (C=O) groups is 6. The molecule has 4 atom stereocenters. The number of likely N-dealkylation sites (N-methyl/N-ethyl adjacent to an activating group) is 1. The molecule has 0 radical (unpaired) electrons. The number of rotatable bonds is 14. The van der Waals surface area contributed by atoms with E-state index in [1.165, 1.54) is 27.7 Å². The Kier molecular flexibility index (Phi) is 30.1. The second-order valence-corrected chi connectivity index (χ2v) is 17.4. The molecule has 0 aliphatic rings. The fourth-order valence-corrected chi connectivity index (χ4v) is 12.5. The molecule has 25 heteroatoms. The number of hydrogen-bond donors (Lipinski definition) is 10. The van der Waals surface area contributed by atoms with Crippen molar-refractivity contribution in [3.8, 4) is 0 Å². The molecule has 308 valence electrons. The monoisotopic (exact) mass is 1470 g/mol. The van der Waals surface area contributed by atoms with Gasteiger partial charge in [0.1, 0.15) is 18.3 Å². The van der Waals surface area contributed by atoms with Crippen LogP contribution >= 0.6 is 136 Å². The third-order valence-corrected chi connectivity index (χ3v) is 13.5. The molecule has 0 bridgehead atoms. The number of aliphatic hydroxyl groups is 5. The summed E-state index contributed by atoms with van der Waals surface area (Å²) in [7, 11) is 1.57. The van der Waals surface area contributed by atoms with Crippen molar-refractivity contribution >= 4 is 182 Å². The molecule has 2 aromatic carbocycles. The molecule has 0 aliphatic heterocycles. The summed E-state index contributed by atoms with van der Waals surface area (Å²) < 4.78 is 3.17. The van der Waals surface area contributed by atoms with Gasteiger partial charge >= 0.3 is 29.6 Å². The van der Waals surface area contributed by atoms with E-state index in [1.54, 1.807) is 7.05 Å². The standard InChI is InChI=1S/2C12H11I3N2O4.C7H17NO5.Na/c2*1-4(18)16-3-6-8(13)7(12(20)21)10(15)11(9(6)14)17-5(2)19;1-8-2-4(10)6(12)7(13)5(11)3-9;/h2*3H2,1-2H3,(H,16,18)(H,17,19)(H,20,21);4-13H,2-3H2,1H3;/q;;;+1/p-2/t;;4-,5+,6+,7+;/m..0./s1. The van der Waals surface area contributed by atoms with Crippen molar-refractivity contribution in [2.75, 3.05) is 30.8 Å². The zero-order valence-corrected chi connectivity index (χ0v) is 45.4. The number of amides is 4. The number of aliphatic hydroxyl groups excluding tert-OH is 5. The second kappa shape index (κ2) is 28.8. The molecule has 0 saturated heterocycles. The smallest absolute Gasteiger partial charge is 0.545 e. The van der Waals surface area contributed by atoms with Crippen molar-refractivity contribution in [1.82, 2.24) is 16.0 Å². The predicted octanol–water partition coefficient (Wildman–Crippen LogP) is -3.44. The van der Waals surface area contributed by atoms with Crippen LogP contribution in [0.2, 0.25) is 0 Å². The van der Waals surface area contributed by atoms with Crippen LogP contribution in [0.25, 0.3) is 0 Å². The molecule has 0 fully saturated rings. The van der Waals surface area contributed by atoms with Crippen LogP contribution in [0.3, 0.4) is 0 Å². The van der Waals surface area contributed by atoms with Crippen molar-refractivity contribution in [1.29, 1.82) is 0 Å². The van der Waals surface area contributed by atoms with Crippen LogP contribution in [0.4, 0.5) is 11.4 Å². The molecule has 10 N–H and O–H groups in total. The molecule has 2 aromatic rings. The zero-order chi connectivity index (χ0) is 43.1. The van der Waals surface area contributed by atoms with E-state index in [0.29, 0.717) is 43.9 Å². The maximum Gasteiger partial charge on any atom is 1.00 e. The molecule has 0 aromatic heterocycles. The molecule has 0 saturated carbocycles. The Morgan fingerprint density at radius 3 is 1.14 bits per heavy atom. The number of anilines is 2. The quantitative estimate of drug-likeness (QED) is 0.0651. The number of hydrogen-bond acceptors (Lipinski definition) is 14. The van der Waals surface area contributed by atoms with Crippen LogP contribution in [0, 0.1) is 21.4 Å². The van der Waals surface area contributed by atoms with Crippen molar-refractivity contribution in [2.24, 2.45) is 0 Å². The van der Waals surface area contributed by atoms with Gasteiger partial charge in [-0.25, -0.2) is 0 Å². The van der Waals surface area contributed by atoms with Gasteiger partial charge in [0, 0.05) is 91.0 Å². The summed E-state index contributed by atoms with van der Waals surface area (Å²) in [5.41, 5.74) is 2.14. The van der Waals surface area contributed by atoms with E-state index < -0.39 is 43.0 Å². The van der Waals surface area contributed by atoms with E-state index in [4.69, 9.17) is 20.4 Å². The minimum Gasteiger partial charge on any atom is -0.545 e. The summed E-state index contributed by atoms with van der Waals surface area (Å²) in [6.07, 6.45) is -5.65. The minimum atomic E-state index is -1.55. The molecule has 0 spiro atoms. The third kappa shape index (κ3) is 18.6. The molecule has 4 amide bonds. The predicted molar refractivity (Wildman–Crippen MR) is 247 cm³/mol. The number of carbonyl (C=O) groups excluding carboxylic acids is 6. The van der Waals surface area contributed by atoms with Crippen LogP contribution in [0.1, 0.15) is 59.5 Å². The Hall–Kier alpha value is 0.400. The van der Waals surface area contributed by atoms with E-state index in [2.05, 4.69) is 26.6 Å². The van der Waals surface area contributed by atoms with Crippen LogP contribution < -0.4 is 66.4 Å². The first kappa shape index (κ1) is 58.5. The summed E-state index contributed by atoms with van der Waals surface area (Å²) in [4.78, 5) is 67.5. The molecule has 18 nitrogen and oxygen atoms in total. The summed E-state index contributed by atoms with van der Waals surface area (Å²) in [5, 5.41) is 80.7. The Morgan fingerprint density at radius 2 is 0.893 bits per heavy atom. The van der Waals surface area contributed by atoms with E-state index >= 15 is 0 Å². The normalized spacial score (nSPS) is 12.4. The topological polar surface area (TPSA) is 310 Å². The molecular weight excluding hydrogens is 1430 g/mol. The number of aromatic carboxylic acids is 2. The minimum absolute atomic E-state index is 0. The number of nitrogens with one attached hydrogen (secondary N) is 5. The van der Waals surface area contributed by atoms with Gasteiger partial charge < -0.3 is 71.9 Å². The first-order valence-corrected chi connectivity index (χ1v) is 21.7. The van der Waals surface area contributed by atoms with Crippen molar-refractivity contribution < 1.29 is 94.1 Å². The van der Waals surface area contributed by atoms with E-state index in [1.807, 2.05) is 136 Å². The first-order valence-electron chi connectivity index (χ1n) is 15.2. The second-order valence-electron chi connectivity index (χ2n) is 11.0. The SMILES string of the molecule is CC(=O)NCc1c(I)c(NC(C)=O)c(I)c(C(=O)[O-])c1I.CC(=O)NCc1c(I)c(NC(C)=O)c(I)c(C(=O)[O-])c1I.CNC[C@H](O)[C@@H](O)[C@H](O)[C@H](O)CO.[Na+]. The number of carboxylic acids is 2. The first-order chi connectivity index (χ1) is 25.4. The largest absolute Gasteiger partial charge is 1.00 e. The van der Waals surface area contributed by atoms with Crippen molar-refractivity contribution in [3.63, 3.8) is 0 Å². The van der Waals surface area contributed by atoms with Gasteiger partial charge in [0.05, 0.1) is 36.0 Å². The number of benzene rings is 2. The van der Waals surface area contributed by atoms with Gasteiger partial charge in [-0.3, -0.25) is 19.2 Å². The van der Waals surface area contributed by atoms with Crippen LogP contribution in [0.5, 0.6) is 0 Å². The summed E-state index contributed by atoms with van der Waals surface area (Å²) in [6, 6.07) is 0. The number of carboxylic acid groups (broad SMARTS) is 2. The van der Waals surface area contributed by atoms with Gasteiger partial charge in [0.15, 0.2) is 0 Å². The van der Waals surface area contributed by atoms with Crippen molar-refractivity contribution in [2.45, 2.75) is 65.2 Å². The fraction of sp³-hybridized carbons (Fsp3) is 0.419. The van der Waals surface area contributed by atoms with Gasteiger partial charge in [-0.15, -0.1) is 0 Å². The molecule has 56 heavy (non-hydrogen) atoms. The molecule has 0 heterocycles. The van der Waals surface area contributed by atoms with Crippen LogP contribution in [-0.4, -0.2) is 106 Å². The van der Waals surface area contributed by atoms with Gasteiger partial charge in [-0.05, 0) is 143 Å². The van der Waals surface area contributed by atoms with Gasteiger partial charge in [-0.2, -0.15) is 0 Å². The maximum atomic E-state index is 11.4. The molecular formula is C31H37I6N5NaO13-. The van der Waals surface area contributed by atoms with Crippen LogP contribution in [-0.2, 0) is 32.3 Å². The summed E-state index contributed by atoms with van der Waals surface area (Å²) >= 11 is 11.6. The zero-order valence-electron chi connectivity index (χ0n) is 30.4. The van der Waals surface area contributed by atoms with E-state index in [0.717, 1.165) is 0 Å². The summed E-state index contributed by atoms with van der Waals surface area (Å²) in [6.45, 7) is 5.22. The average Bonchev–Trinajstić information content (AvgIpc) is 3.07. The van der Waals surface area contributed by atoms with E-state index in [-0.39, 0.29) is 83.9 Å². The molecule has 2 rings (SSSR count). The Morgan fingerprint density at radius 1 is 0.571 bits per heavy atom. The summed E-state index contributed by atoms with van der Waals surface area (Å²) in [5.74, 6) is -3.71. The Bertz CT molecular complexity index is 1650. The van der Waals surface area contributed by atoms with E-state index in [9.17, 15) is 44.1 Å². The average molecular weight is 1470 g/mol.